The van der Waals surface area contributed by atoms with Crippen LogP contribution < -0.4 is 5.56 Å². The highest BCUT2D eigenvalue weighted by molar-refractivity contribution is 6.02. The average molecular weight is 354 g/mol. The van der Waals surface area contributed by atoms with Gasteiger partial charge in [0.25, 0.3) is 11.5 Å². The maximum absolute atomic E-state index is 12.8. The topological polar surface area (TPSA) is 103 Å². The van der Waals surface area contributed by atoms with Crippen molar-refractivity contribution < 1.29 is 9.59 Å². The van der Waals surface area contributed by atoms with E-state index in [1.165, 1.54) is 36.9 Å². The molecule has 2 aromatic heterocycles. The molecule has 0 saturated carbocycles. The molecule has 9 nitrogen and oxygen atoms in total. The number of carbonyl (C=O) groups excluding carboxylic acids is 2. The Labute approximate surface area is 148 Å². The molecule has 1 amide bonds. The van der Waals surface area contributed by atoms with Gasteiger partial charge in [-0.1, -0.05) is 17.3 Å². The van der Waals surface area contributed by atoms with Crippen molar-refractivity contribution in [3.8, 4) is 5.69 Å². The summed E-state index contributed by atoms with van der Waals surface area (Å²) in [6.45, 7) is 3.19. The summed E-state index contributed by atoms with van der Waals surface area (Å²) in [7, 11) is 3.03. The summed E-state index contributed by atoms with van der Waals surface area (Å²) in [5.41, 5.74) is 1.39. The molecule has 0 saturated heterocycles. The summed E-state index contributed by atoms with van der Waals surface area (Å²) < 4.78 is 2.45. The Morgan fingerprint density at radius 3 is 2.58 bits per heavy atom. The van der Waals surface area contributed by atoms with Gasteiger partial charge in [-0.25, -0.2) is 4.98 Å². The fourth-order valence-corrected chi connectivity index (χ4v) is 2.67. The smallest absolute Gasteiger partial charge is 0.284 e. The number of likely N-dealkylation sites (N-methyl/N-ethyl adjacent to an activating group) is 1. The molecule has 0 bridgehead atoms. The van der Waals surface area contributed by atoms with E-state index in [0.29, 0.717) is 5.69 Å². The van der Waals surface area contributed by atoms with Crippen LogP contribution in [0, 0.1) is 6.92 Å². The minimum absolute atomic E-state index is 0.00758. The second kappa shape index (κ2) is 6.51. The van der Waals surface area contributed by atoms with Crippen LogP contribution in [0.1, 0.15) is 18.5 Å². The molecule has 134 valence electrons. The fourth-order valence-electron chi connectivity index (χ4n) is 2.67. The van der Waals surface area contributed by atoms with E-state index in [2.05, 4.69) is 15.3 Å². The summed E-state index contributed by atoms with van der Waals surface area (Å²) in [6.07, 6.45) is 1.19. The lowest BCUT2D eigenvalue weighted by atomic mass is 10.2. The van der Waals surface area contributed by atoms with E-state index < -0.39 is 23.3 Å². The first kappa shape index (κ1) is 17.5. The quantitative estimate of drug-likeness (QED) is 0.632. The minimum atomic E-state index is -1.28. The van der Waals surface area contributed by atoms with Crippen molar-refractivity contribution in [2.75, 3.05) is 14.1 Å². The van der Waals surface area contributed by atoms with Gasteiger partial charge in [-0.3, -0.25) is 19.0 Å². The molecule has 0 spiro atoms. The normalized spacial score (nSPS) is 12.2. The van der Waals surface area contributed by atoms with Crippen LogP contribution in [0.25, 0.3) is 16.9 Å². The number of fused-ring (bicyclic) bond motifs is 1. The first-order valence-electron chi connectivity index (χ1n) is 7.92. The summed E-state index contributed by atoms with van der Waals surface area (Å²) >= 11 is 0. The van der Waals surface area contributed by atoms with Crippen molar-refractivity contribution in [2.45, 2.75) is 19.9 Å². The summed E-state index contributed by atoms with van der Waals surface area (Å²) in [6, 6.07) is 6.23. The van der Waals surface area contributed by atoms with Crippen molar-refractivity contribution in [3.63, 3.8) is 0 Å². The van der Waals surface area contributed by atoms with Gasteiger partial charge in [-0.15, -0.1) is 5.10 Å². The molecule has 0 aliphatic carbocycles. The van der Waals surface area contributed by atoms with Crippen molar-refractivity contribution in [3.05, 3.63) is 46.5 Å². The Kier molecular flexibility index (Phi) is 4.37. The molecule has 0 aliphatic heterocycles. The first-order chi connectivity index (χ1) is 12.3. The van der Waals surface area contributed by atoms with Gasteiger partial charge in [0, 0.05) is 14.1 Å². The molecule has 1 atom stereocenters. The number of aromatic nitrogens is 5. The number of benzene rings is 1. The zero-order valence-electron chi connectivity index (χ0n) is 14.9. The van der Waals surface area contributed by atoms with E-state index in [0.717, 1.165) is 10.1 Å². The second-order valence-electron chi connectivity index (χ2n) is 6.22. The minimum Gasteiger partial charge on any atom is -0.347 e. The standard InChI is InChI=1S/C17H18N6O3/c1-10-6-5-7-12(8-10)23-15-13(19-20-23)16(25)22(9-18-15)14(11(2)24)17(26)21(3)4/h5-9,14H,1-4H3/t14-/m0/s1. The third kappa shape index (κ3) is 2.87. The van der Waals surface area contributed by atoms with Gasteiger partial charge >= 0.3 is 0 Å². The highest BCUT2D eigenvalue weighted by atomic mass is 16.2. The molecule has 3 aromatic rings. The summed E-state index contributed by atoms with van der Waals surface area (Å²) in [5, 5.41) is 7.92. The number of ketones is 1. The summed E-state index contributed by atoms with van der Waals surface area (Å²) in [5.74, 6) is -0.968. The van der Waals surface area contributed by atoms with E-state index in [9.17, 15) is 14.4 Å². The molecule has 1 aromatic carbocycles. The number of rotatable bonds is 4. The van der Waals surface area contributed by atoms with E-state index in [-0.39, 0.29) is 11.2 Å². The van der Waals surface area contributed by atoms with Gasteiger partial charge in [0.05, 0.1) is 5.69 Å². The van der Waals surface area contributed by atoms with E-state index in [1.54, 1.807) is 0 Å². The number of carbonyl (C=O) groups is 2. The average Bonchev–Trinajstić information content (AvgIpc) is 3.01. The predicted octanol–water partition coefficient (Wildman–Crippen LogP) is 0.504. The number of Topliss-reactive ketones (excluding diaryl/α,β-unsaturated/α-hetero) is 1. The molecule has 9 heteroatoms. The Morgan fingerprint density at radius 2 is 1.96 bits per heavy atom. The maximum atomic E-state index is 12.8. The van der Waals surface area contributed by atoms with Gasteiger partial charge < -0.3 is 4.90 Å². The van der Waals surface area contributed by atoms with Crippen molar-refractivity contribution in [2.24, 2.45) is 0 Å². The molecular formula is C17H18N6O3. The Bertz CT molecular complexity index is 1070. The number of aryl methyl sites for hydroxylation is 1. The van der Waals surface area contributed by atoms with Crippen LogP contribution in [0.15, 0.2) is 35.4 Å². The number of nitrogens with zero attached hydrogens (tertiary/aromatic N) is 6. The zero-order valence-corrected chi connectivity index (χ0v) is 14.9. The Balaban J connectivity index is 2.18. The molecular weight excluding hydrogens is 336 g/mol. The van der Waals surface area contributed by atoms with Crippen LogP contribution in [-0.2, 0) is 9.59 Å². The van der Waals surface area contributed by atoms with Crippen molar-refractivity contribution in [1.29, 1.82) is 0 Å². The molecule has 0 unspecified atom stereocenters. The summed E-state index contributed by atoms with van der Waals surface area (Å²) in [4.78, 5) is 42.6. The fraction of sp³-hybridized carbons (Fsp3) is 0.294. The van der Waals surface area contributed by atoms with Crippen molar-refractivity contribution in [1.82, 2.24) is 29.4 Å². The molecule has 3 rings (SSSR count). The van der Waals surface area contributed by atoms with Gasteiger partial charge in [-0.2, -0.15) is 4.68 Å². The molecule has 0 N–H and O–H groups in total. The number of amides is 1. The lowest BCUT2D eigenvalue weighted by molar-refractivity contribution is -0.137. The Morgan fingerprint density at radius 1 is 1.23 bits per heavy atom. The Hall–Kier alpha value is -3.36. The third-order valence-corrected chi connectivity index (χ3v) is 3.97. The van der Waals surface area contributed by atoms with Gasteiger partial charge in [0.2, 0.25) is 0 Å². The highest BCUT2D eigenvalue weighted by Gasteiger charge is 2.29. The molecule has 0 fully saturated rings. The predicted molar refractivity (Wildman–Crippen MR) is 94.1 cm³/mol. The van der Waals surface area contributed by atoms with Crippen LogP contribution in [0.3, 0.4) is 0 Å². The van der Waals surface area contributed by atoms with Crippen molar-refractivity contribution >= 4 is 22.9 Å². The third-order valence-electron chi connectivity index (χ3n) is 3.97. The number of hydrogen-bond acceptors (Lipinski definition) is 6. The second-order valence-corrected chi connectivity index (χ2v) is 6.22. The maximum Gasteiger partial charge on any atom is 0.284 e. The van der Waals surface area contributed by atoms with Crippen LogP contribution in [0.5, 0.6) is 0 Å². The SMILES string of the molecule is CC(=O)[C@@H](C(=O)N(C)C)n1cnc2c(nnn2-c2cccc(C)c2)c1=O. The zero-order chi connectivity index (χ0) is 19.0. The van der Waals surface area contributed by atoms with Gasteiger partial charge in [0.15, 0.2) is 23.0 Å². The molecule has 0 radical (unpaired) electrons. The monoisotopic (exact) mass is 354 g/mol. The van der Waals surface area contributed by atoms with E-state index >= 15 is 0 Å². The lowest BCUT2D eigenvalue weighted by Gasteiger charge is -2.19. The largest absolute Gasteiger partial charge is 0.347 e. The highest BCUT2D eigenvalue weighted by Crippen LogP contribution is 2.15. The lowest BCUT2D eigenvalue weighted by Crippen LogP contribution is -2.40. The molecule has 2 heterocycles. The van der Waals surface area contributed by atoms with Crippen LogP contribution in [0.2, 0.25) is 0 Å². The first-order valence-corrected chi connectivity index (χ1v) is 7.92. The van der Waals surface area contributed by atoms with Crippen LogP contribution in [0.4, 0.5) is 0 Å². The number of hydrogen-bond donors (Lipinski definition) is 0. The van der Waals surface area contributed by atoms with Gasteiger partial charge in [0.1, 0.15) is 6.33 Å². The van der Waals surface area contributed by atoms with Crippen LogP contribution in [-0.4, -0.2) is 55.2 Å². The molecule has 0 aliphatic rings. The van der Waals surface area contributed by atoms with E-state index in [1.807, 2.05) is 31.2 Å². The van der Waals surface area contributed by atoms with Crippen LogP contribution >= 0.6 is 0 Å². The molecule has 26 heavy (non-hydrogen) atoms. The van der Waals surface area contributed by atoms with Gasteiger partial charge in [-0.05, 0) is 31.5 Å². The van der Waals surface area contributed by atoms with E-state index in [4.69, 9.17) is 0 Å².